The van der Waals surface area contributed by atoms with Crippen molar-refractivity contribution < 1.29 is 0 Å². The summed E-state index contributed by atoms with van der Waals surface area (Å²) in [4.78, 5) is 7.37. The summed E-state index contributed by atoms with van der Waals surface area (Å²) in [5.74, 6) is 1.02. The minimum Gasteiger partial charge on any atom is -0.294 e. The summed E-state index contributed by atoms with van der Waals surface area (Å²) in [7, 11) is 0. The van der Waals surface area contributed by atoms with Gasteiger partial charge in [0.15, 0.2) is 0 Å². The molecule has 0 spiro atoms. The van der Waals surface area contributed by atoms with E-state index in [1.165, 1.54) is 86.7 Å². The monoisotopic (exact) mass is 616 g/mol. The fourth-order valence-electron chi connectivity index (χ4n) is 7.67. The van der Waals surface area contributed by atoms with Gasteiger partial charge in [-0.3, -0.25) is 4.57 Å². The van der Waals surface area contributed by atoms with Crippen LogP contribution < -0.4 is 0 Å². The van der Waals surface area contributed by atoms with Crippen molar-refractivity contribution in [3.63, 3.8) is 0 Å². The van der Waals surface area contributed by atoms with Crippen LogP contribution in [0.1, 0.15) is 5.82 Å². The van der Waals surface area contributed by atoms with Gasteiger partial charge in [0, 0.05) is 9.79 Å². The molecule has 3 heteroatoms. The number of hydrogen-bond donors (Lipinski definition) is 0. The van der Waals surface area contributed by atoms with Gasteiger partial charge in [0.25, 0.3) is 0 Å². The second kappa shape index (κ2) is 10.2. The van der Waals surface area contributed by atoms with Gasteiger partial charge in [-0.2, -0.15) is 0 Å². The first-order chi connectivity index (χ1) is 23.2. The number of para-hydroxylation sites is 1. The zero-order chi connectivity index (χ0) is 31.1. The Morgan fingerprint density at radius 1 is 0.489 bits per heavy atom. The van der Waals surface area contributed by atoms with E-state index < -0.39 is 0 Å². The lowest BCUT2D eigenvalue weighted by Gasteiger charge is -2.21. The lowest BCUT2D eigenvalue weighted by atomic mass is 9.84. The molecule has 0 aliphatic carbocycles. The molecule has 0 saturated heterocycles. The first kappa shape index (κ1) is 26.6. The summed E-state index contributed by atoms with van der Waals surface area (Å²) in [6, 6.07) is 55.6. The fourth-order valence-corrected chi connectivity index (χ4v) is 8.80. The molecule has 1 aliphatic rings. The van der Waals surface area contributed by atoms with Crippen LogP contribution in [0.3, 0.4) is 0 Å². The molecular weight excluding hydrogens is 589 g/mol. The normalized spacial score (nSPS) is 12.3. The highest BCUT2D eigenvalue weighted by atomic mass is 32.2. The third kappa shape index (κ3) is 3.97. The Bertz CT molecular complexity index is 2720. The van der Waals surface area contributed by atoms with Crippen LogP contribution in [0, 0.1) is 6.92 Å². The molecule has 9 aromatic rings. The van der Waals surface area contributed by atoms with E-state index in [1.54, 1.807) is 0 Å². The maximum absolute atomic E-state index is 4.87. The van der Waals surface area contributed by atoms with E-state index in [9.17, 15) is 0 Å². The molecule has 8 aromatic carbocycles. The molecule has 0 N–H and O–H groups in total. The molecule has 47 heavy (non-hydrogen) atoms. The lowest BCUT2D eigenvalue weighted by molar-refractivity contribution is 0.963. The molecule has 0 atom stereocenters. The highest BCUT2D eigenvalue weighted by molar-refractivity contribution is 7.99. The molecule has 2 heterocycles. The molecular formula is C44H28N2S. The highest BCUT2D eigenvalue weighted by Crippen LogP contribution is 2.48. The standard InChI is InChI=1S/C44H28N2S/c1-27-45-38-19-10-20-40-44(38)46(27)39-24-22-31(26-41(39)47-40)30-21-23-36-37(25-30)43(33-18-9-14-28-11-5-6-15-32(28)33)35-17-8-7-16-34(35)42(36)29-12-3-2-4-13-29/h2-26H,1H3. The fraction of sp³-hybridized carbons (Fsp3) is 0.0227. The van der Waals surface area contributed by atoms with E-state index >= 15 is 0 Å². The third-order valence-electron chi connectivity index (χ3n) is 9.71. The molecule has 1 aromatic heterocycles. The van der Waals surface area contributed by atoms with Gasteiger partial charge in [-0.1, -0.05) is 133 Å². The van der Waals surface area contributed by atoms with Crippen molar-refractivity contribution in [3.8, 4) is 39.1 Å². The second-order valence-electron chi connectivity index (χ2n) is 12.4. The Morgan fingerprint density at radius 3 is 2.04 bits per heavy atom. The van der Waals surface area contributed by atoms with Gasteiger partial charge in [-0.15, -0.1) is 0 Å². The number of rotatable bonds is 3. The van der Waals surface area contributed by atoms with Crippen LogP contribution in [0.25, 0.3) is 82.4 Å². The molecule has 0 unspecified atom stereocenters. The Labute approximate surface area is 277 Å². The topological polar surface area (TPSA) is 17.8 Å². The van der Waals surface area contributed by atoms with E-state index in [0.29, 0.717) is 0 Å². The third-order valence-corrected chi connectivity index (χ3v) is 10.8. The lowest BCUT2D eigenvalue weighted by Crippen LogP contribution is -2.03. The Kier molecular flexibility index (Phi) is 5.76. The zero-order valence-corrected chi connectivity index (χ0v) is 26.6. The van der Waals surface area contributed by atoms with Crippen molar-refractivity contribution in [2.24, 2.45) is 0 Å². The van der Waals surface area contributed by atoms with Crippen molar-refractivity contribution in [2.75, 3.05) is 0 Å². The van der Waals surface area contributed by atoms with Gasteiger partial charge in [0.2, 0.25) is 0 Å². The summed E-state index contributed by atoms with van der Waals surface area (Å²) in [5, 5.41) is 7.59. The minimum absolute atomic E-state index is 1.02. The molecule has 1 aliphatic heterocycles. The van der Waals surface area contributed by atoms with Crippen molar-refractivity contribution in [1.82, 2.24) is 9.55 Å². The van der Waals surface area contributed by atoms with Crippen LogP contribution in [0.5, 0.6) is 0 Å². The van der Waals surface area contributed by atoms with Crippen LogP contribution in [-0.4, -0.2) is 9.55 Å². The van der Waals surface area contributed by atoms with Crippen LogP contribution in [0.2, 0.25) is 0 Å². The summed E-state index contributed by atoms with van der Waals surface area (Å²) in [5.41, 5.74) is 10.9. The van der Waals surface area contributed by atoms with Crippen LogP contribution in [-0.2, 0) is 0 Å². The largest absolute Gasteiger partial charge is 0.294 e. The van der Waals surface area contributed by atoms with Crippen molar-refractivity contribution in [3.05, 3.63) is 157 Å². The SMILES string of the molecule is Cc1nc2cccc3c2n1-c1ccc(-c2ccc4c(-c5ccccc5)c5ccccc5c(-c5cccc6ccccc56)c4c2)cc1S3. The predicted octanol–water partition coefficient (Wildman–Crippen LogP) is 12.3. The first-order valence-corrected chi connectivity index (χ1v) is 16.9. The Balaban J connectivity index is 1.27. The van der Waals surface area contributed by atoms with Gasteiger partial charge >= 0.3 is 0 Å². The quantitative estimate of drug-likeness (QED) is 0.184. The summed E-state index contributed by atoms with van der Waals surface area (Å²) >= 11 is 1.84. The van der Waals surface area contributed by atoms with Crippen LogP contribution in [0.15, 0.2) is 161 Å². The van der Waals surface area contributed by atoms with Crippen molar-refractivity contribution in [1.29, 1.82) is 0 Å². The van der Waals surface area contributed by atoms with Crippen molar-refractivity contribution in [2.45, 2.75) is 16.7 Å². The number of nitrogens with zero attached hydrogens (tertiary/aromatic N) is 2. The number of aromatic nitrogens is 2. The van der Waals surface area contributed by atoms with Gasteiger partial charge in [-0.25, -0.2) is 4.98 Å². The number of aryl methyl sites for hydroxylation is 1. The Morgan fingerprint density at radius 2 is 1.17 bits per heavy atom. The first-order valence-electron chi connectivity index (χ1n) is 16.1. The smallest absolute Gasteiger partial charge is 0.111 e. The van der Waals surface area contributed by atoms with Gasteiger partial charge in [0.05, 0.1) is 16.7 Å². The van der Waals surface area contributed by atoms with Gasteiger partial charge < -0.3 is 0 Å². The molecule has 220 valence electrons. The van der Waals surface area contributed by atoms with E-state index in [1.807, 2.05) is 11.8 Å². The summed E-state index contributed by atoms with van der Waals surface area (Å²) in [6.07, 6.45) is 0. The average Bonchev–Trinajstić information content (AvgIpc) is 3.47. The predicted molar refractivity (Wildman–Crippen MR) is 199 cm³/mol. The molecule has 10 rings (SSSR count). The molecule has 0 amide bonds. The number of benzene rings is 8. The molecule has 0 saturated carbocycles. The van der Waals surface area contributed by atoms with E-state index in [0.717, 1.165) is 11.3 Å². The maximum Gasteiger partial charge on any atom is 0.111 e. The van der Waals surface area contributed by atoms with E-state index in [-0.39, 0.29) is 0 Å². The number of imidazole rings is 1. The molecule has 0 radical (unpaired) electrons. The van der Waals surface area contributed by atoms with Gasteiger partial charge in [0.1, 0.15) is 5.82 Å². The van der Waals surface area contributed by atoms with E-state index in [2.05, 4.69) is 163 Å². The average molecular weight is 617 g/mol. The molecule has 2 nitrogen and oxygen atoms in total. The van der Waals surface area contributed by atoms with Crippen molar-refractivity contribution >= 4 is 55.1 Å². The molecule has 0 bridgehead atoms. The Hall–Kier alpha value is -5.64. The number of hydrogen-bond acceptors (Lipinski definition) is 2. The maximum atomic E-state index is 4.87. The van der Waals surface area contributed by atoms with Crippen LogP contribution >= 0.6 is 11.8 Å². The zero-order valence-electron chi connectivity index (χ0n) is 25.7. The van der Waals surface area contributed by atoms with E-state index in [4.69, 9.17) is 4.98 Å². The second-order valence-corrected chi connectivity index (χ2v) is 13.4. The minimum atomic E-state index is 1.02. The highest BCUT2D eigenvalue weighted by Gasteiger charge is 2.23. The summed E-state index contributed by atoms with van der Waals surface area (Å²) in [6.45, 7) is 2.10. The van der Waals surface area contributed by atoms with Crippen LogP contribution in [0.4, 0.5) is 0 Å². The number of fused-ring (bicyclic) bond motifs is 5. The molecule has 0 fully saturated rings. The van der Waals surface area contributed by atoms with Gasteiger partial charge in [-0.05, 0) is 103 Å². The summed E-state index contributed by atoms with van der Waals surface area (Å²) < 4.78 is 2.32.